The maximum absolute atomic E-state index is 11.3. The van der Waals surface area contributed by atoms with E-state index >= 15 is 0 Å². The molecule has 0 aliphatic rings. The number of carbonyl (C=O) groups excluding carboxylic acids is 3. The fraction of sp³-hybridized carbons (Fsp3) is 0.125. The van der Waals surface area contributed by atoms with E-state index in [1.54, 1.807) is 6.92 Å². The minimum absolute atomic E-state index is 0.106. The largest absolute Gasteiger partial charge is 0.373 e. The van der Waals surface area contributed by atoms with Gasteiger partial charge in [-0.05, 0) is 31.0 Å². The minimum atomic E-state index is 0.106. The summed E-state index contributed by atoms with van der Waals surface area (Å²) in [7, 11) is 0. The zero-order chi connectivity index (χ0) is 14.3. The minimum Gasteiger partial charge on any atom is -0.295 e. The van der Waals surface area contributed by atoms with E-state index in [0.717, 1.165) is 16.7 Å². The highest BCUT2D eigenvalue weighted by atomic mass is 16.2. The number of carbonyl (C=O) groups is 1. The van der Waals surface area contributed by atoms with Crippen molar-refractivity contribution in [2.75, 3.05) is 0 Å². The molecule has 0 unspecified atom stereocenters. The summed E-state index contributed by atoms with van der Waals surface area (Å²) in [5.41, 5.74) is 4.24. The predicted octanol–water partition coefficient (Wildman–Crippen LogP) is 3.28. The Morgan fingerprint density at radius 1 is 0.947 bits per heavy atom. The van der Waals surface area contributed by atoms with E-state index in [4.69, 9.17) is 9.59 Å². The van der Waals surface area contributed by atoms with E-state index in [0.29, 0.717) is 0 Å². The molecule has 0 saturated carbocycles. The van der Waals surface area contributed by atoms with Crippen molar-refractivity contribution >= 4 is 11.9 Å². The molecule has 0 radical (unpaired) electrons. The third kappa shape index (κ3) is 4.34. The molecule has 0 heterocycles. The van der Waals surface area contributed by atoms with E-state index in [2.05, 4.69) is 25.1 Å². The summed E-state index contributed by atoms with van der Waals surface area (Å²) < 4.78 is 0. The molecule has 0 atom stereocenters. The van der Waals surface area contributed by atoms with Gasteiger partial charge in [0.15, 0.2) is 5.78 Å². The van der Waals surface area contributed by atoms with Crippen LogP contribution in [0.3, 0.4) is 0 Å². The summed E-state index contributed by atoms with van der Waals surface area (Å²) in [6.45, 7) is 3.66. The molecule has 3 nitrogen and oxygen atoms in total. The van der Waals surface area contributed by atoms with Crippen LogP contribution in [0.25, 0.3) is 11.1 Å². The van der Waals surface area contributed by atoms with Crippen molar-refractivity contribution in [1.82, 2.24) is 0 Å². The molecule has 0 amide bonds. The van der Waals surface area contributed by atoms with Gasteiger partial charge in [0, 0.05) is 5.56 Å². The number of Topliss-reactive ketones (excluding diaryl/α,β-unsaturated/α-hetero) is 1. The van der Waals surface area contributed by atoms with Crippen molar-refractivity contribution in [1.29, 1.82) is 0 Å². The van der Waals surface area contributed by atoms with Crippen molar-refractivity contribution < 1.29 is 14.4 Å². The van der Waals surface area contributed by atoms with Gasteiger partial charge in [-0.1, -0.05) is 48.0 Å². The van der Waals surface area contributed by atoms with Crippen molar-refractivity contribution in [2.24, 2.45) is 0 Å². The predicted molar refractivity (Wildman–Crippen MR) is 71.6 cm³/mol. The van der Waals surface area contributed by atoms with E-state index in [1.807, 2.05) is 30.3 Å². The fourth-order valence-electron chi connectivity index (χ4n) is 1.74. The van der Waals surface area contributed by atoms with Crippen LogP contribution >= 0.6 is 0 Å². The second-order valence-electron chi connectivity index (χ2n) is 4.09. The molecule has 19 heavy (non-hydrogen) atoms. The average molecular weight is 254 g/mol. The molecule has 0 aromatic heterocycles. The zero-order valence-electron chi connectivity index (χ0n) is 10.8. The molecule has 0 N–H and O–H groups in total. The number of rotatable bonds is 2. The van der Waals surface area contributed by atoms with E-state index < -0.39 is 0 Å². The Bertz CT molecular complexity index is 609. The van der Waals surface area contributed by atoms with Crippen LogP contribution in [0.4, 0.5) is 0 Å². The Balaban J connectivity index is 0.000000550. The van der Waals surface area contributed by atoms with Gasteiger partial charge in [0.05, 0.1) is 0 Å². The molecule has 96 valence electrons. The molecule has 0 bridgehead atoms. The van der Waals surface area contributed by atoms with Crippen molar-refractivity contribution in [3.8, 4) is 11.1 Å². The number of aryl methyl sites for hydroxylation is 1. The highest BCUT2D eigenvalue weighted by molar-refractivity contribution is 5.95. The lowest BCUT2D eigenvalue weighted by atomic mass is 10.0. The fourth-order valence-corrected chi connectivity index (χ4v) is 1.74. The van der Waals surface area contributed by atoms with Gasteiger partial charge in [0.1, 0.15) is 0 Å². The van der Waals surface area contributed by atoms with Crippen molar-refractivity contribution in [3.05, 3.63) is 59.7 Å². The summed E-state index contributed by atoms with van der Waals surface area (Å²) in [5, 5.41) is 0. The number of hydrogen-bond acceptors (Lipinski definition) is 3. The van der Waals surface area contributed by atoms with Gasteiger partial charge in [0.2, 0.25) is 0 Å². The number of benzene rings is 2. The Hall–Kier alpha value is -2.51. The van der Waals surface area contributed by atoms with Gasteiger partial charge in [-0.2, -0.15) is 9.59 Å². The monoisotopic (exact) mass is 254 g/mol. The van der Waals surface area contributed by atoms with Crippen LogP contribution in [0.15, 0.2) is 48.5 Å². The molecule has 0 fully saturated rings. The molecule has 2 aromatic rings. The highest BCUT2D eigenvalue weighted by Gasteiger charge is 2.02. The first-order valence-corrected chi connectivity index (χ1v) is 5.76. The summed E-state index contributed by atoms with van der Waals surface area (Å²) in [6.07, 6.45) is 0.250. The second-order valence-corrected chi connectivity index (χ2v) is 4.09. The highest BCUT2D eigenvalue weighted by Crippen LogP contribution is 2.21. The molecule has 0 aliphatic carbocycles. The van der Waals surface area contributed by atoms with Crippen LogP contribution < -0.4 is 0 Å². The maximum Gasteiger partial charge on any atom is 0.373 e. The summed E-state index contributed by atoms with van der Waals surface area (Å²) in [5.74, 6) is 0.106. The van der Waals surface area contributed by atoms with Gasteiger partial charge in [-0.15, -0.1) is 0 Å². The molecule has 0 aliphatic heterocycles. The third-order valence-electron chi connectivity index (χ3n) is 2.62. The molecule has 2 aromatic carbocycles. The van der Waals surface area contributed by atoms with E-state index in [-0.39, 0.29) is 11.9 Å². The maximum atomic E-state index is 11.3. The average Bonchev–Trinajstić information content (AvgIpc) is 2.40. The van der Waals surface area contributed by atoms with Crippen LogP contribution in [0.2, 0.25) is 0 Å². The molecule has 2 rings (SSSR count). The molecular weight excluding hydrogens is 240 g/mol. The van der Waals surface area contributed by atoms with Crippen LogP contribution in [-0.2, 0) is 9.59 Å². The van der Waals surface area contributed by atoms with E-state index in [1.165, 1.54) is 5.56 Å². The first-order chi connectivity index (χ1) is 9.08. The normalized spacial score (nSPS) is 8.95. The number of ketones is 1. The summed E-state index contributed by atoms with van der Waals surface area (Å²) in [4.78, 5) is 27.5. The van der Waals surface area contributed by atoms with E-state index in [9.17, 15) is 4.79 Å². The second kappa shape index (κ2) is 7.04. The summed E-state index contributed by atoms with van der Waals surface area (Å²) in [6, 6.07) is 16.0. The summed E-state index contributed by atoms with van der Waals surface area (Å²) >= 11 is 0. The van der Waals surface area contributed by atoms with Crippen LogP contribution in [-0.4, -0.2) is 11.9 Å². The van der Waals surface area contributed by atoms with Crippen molar-refractivity contribution in [2.45, 2.75) is 13.8 Å². The number of hydrogen-bond donors (Lipinski definition) is 0. The van der Waals surface area contributed by atoms with Gasteiger partial charge >= 0.3 is 6.15 Å². The van der Waals surface area contributed by atoms with Gasteiger partial charge < -0.3 is 0 Å². The van der Waals surface area contributed by atoms with Crippen LogP contribution in [0.1, 0.15) is 22.8 Å². The lowest BCUT2D eigenvalue weighted by molar-refractivity contribution is -0.191. The van der Waals surface area contributed by atoms with Crippen molar-refractivity contribution in [3.63, 3.8) is 0 Å². The Morgan fingerprint density at radius 3 is 2.00 bits per heavy atom. The smallest absolute Gasteiger partial charge is 0.295 e. The first-order valence-electron chi connectivity index (χ1n) is 5.76. The van der Waals surface area contributed by atoms with Gasteiger partial charge in [-0.25, -0.2) is 0 Å². The Labute approximate surface area is 111 Å². The Morgan fingerprint density at radius 2 is 1.47 bits per heavy atom. The molecule has 3 heteroatoms. The van der Waals surface area contributed by atoms with Gasteiger partial charge in [0.25, 0.3) is 0 Å². The SMILES string of the molecule is CC(=O)c1cccc(-c2cccc(C)c2)c1.O=C=O. The third-order valence-corrected chi connectivity index (χ3v) is 2.62. The molecular formula is C16H14O3. The Kier molecular flexibility index (Phi) is 5.39. The van der Waals surface area contributed by atoms with Gasteiger partial charge in [-0.3, -0.25) is 4.79 Å². The lowest BCUT2D eigenvalue weighted by Gasteiger charge is -2.04. The van der Waals surface area contributed by atoms with Crippen LogP contribution in [0, 0.1) is 6.92 Å². The molecule has 0 spiro atoms. The lowest BCUT2D eigenvalue weighted by Crippen LogP contribution is -1.91. The topological polar surface area (TPSA) is 51.2 Å². The van der Waals surface area contributed by atoms with Crippen LogP contribution in [0.5, 0.6) is 0 Å². The zero-order valence-corrected chi connectivity index (χ0v) is 10.8. The molecule has 0 saturated heterocycles. The first kappa shape index (κ1) is 14.6. The standard InChI is InChI=1S/C15H14O.CO2/c1-11-5-3-7-14(9-11)15-8-4-6-13(10-15)12(2)16;2-1-3/h3-10H,1-2H3;. The quantitative estimate of drug-likeness (QED) is 0.773.